The Morgan fingerprint density at radius 3 is 1.97 bits per heavy atom. The normalized spacial score (nSPS) is 25.8. The standard InChI is InChI=1S/C31H46FN/c1-2-3-4-5-6-7-8-9-10-25-11-13-26(14-12-25)15-16-27-17-19-28(20-18-27)29-21-22-30(24-33)31(32)23-29/h15-16,21-23,25-28H,2-14,17-20H2,1H3/b16-15+/t25-,26-,27?,28?. The van der Waals surface area contributed by atoms with Crippen LogP contribution in [0.2, 0.25) is 0 Å². The Labute approximate surface area is 202 Å². The van der Waals surface area contributed by atoms with E-state index >= 15 is 0 Å². The Balaban J connectivity index is 1.27. The highest BCUT2D eigenvalue weighted by Gasteiger charge is 2.23. The van der Waals surface area contributed by atoms with Crippen molar-refractivity contribution >= 4 is 0 Å². The minimum Gasteiger partial charge on any atom is -0.206 e. The highest BCUT2D eigenvalue weighted by atomic mass is 19.1. The highest BCUT2D eigenvalue weighted by Crippen LogP contribution is 2.38. The quantitative estimate of drug-likeness (QED) is 0.229. The SMILES string of the molecule is CCCCCCCCCC[C@H]1CC[C@H](/C=C/C2CCC(c3ccc(C#N)c(F)c3)CC2)CC1. The van der Waals surface area contributed by atoms with Gasteiger partial charge in [-0.25, -0.2) is 4.39 Å². The molecule has 1 aromatic rings. The lowest BCUT2D eigenvalue weighted by Gasteiger charge is -2.29. The summed E-state index contributed by atoms with van der Waals surface area (Å²) < 4.78 is 14.0. The van der Waals surface area contributed by atoms with Gasteiger partial charge < -0.3 is 0 Å². The van der Waals surface area contributed by atoms with Crippen LogP contribution in [0.5, 0.6) is 0 Å². The van der Waals surface area contributed by atoms with E-state index in [9.17, 15) is 4.39 Å². The minimum atomic E-state index is -0.366. The summed E-state index contributed by atoms with van der Waals surface area (Å²) in [4.78, 5) is 0. The van der Waals surface area contributed by atoms with E-state index in [0.29, 0.717) is 11.8 Å². The van der Waals surface area contributed by atoms with Gasteiger partial charge in [-0.1, -0.05) is 82.9 Å². The summed E-state index contributed by atoms with van der Waals surface area (Å²) in [7, 11) is 0. The molecule has 0 aliphatic heterocycles. The molecule has 3 rings (SSSR count). The summed E-state index contributed by atoms with van der Waals surface area (Å²) in [6.07, 6.45) is 28.3. The summed E-state index contributed by atoms with van der Waals surface area (Å²) in [6, 6.07) is 7.10. The van der Waals surface area contributed by atoms with E-state index in [1.807, 2.05) is 12.1 Å². The molecule has 33 heavy (non-hydrogen) atoms. The molecule has 0 atom stereocenters. The van der Waals surface area contributed by atoms with Crippen molar-refractivity contribution in [3.8, 4) is 6.07 Å². The van der Waals surface area contributed by atoms with E-state index < -0.39 is 0 Å². The van der Waals surface area contributed by atoms with E-state index in [4.69, 9.17) is 5.26 Å². The van der Waals surface area contributed by atoms with Crippen LogP contribution < -0.4 is 0 Å². The number of nitriles is 1. The van der Waals surface area contributed by atoms with Gasteiger partial charge in [0.2, 0.25) is 0 Å². The van der Waals surface area contributed by atoms with Gasteiger partial charge in [-0.15, -0.1) is 0 Å². The third-order valence-corrected chi connectivity index (χ3v) is 8.37. The van der Waals surface area contributed by atoms with Crippen LogP contribution >= 0.6 is 0 Å². The molecule has 2 aliphatic rings. The maximum atomic E-state index is 14.0. The van der Waals surface area contributed by atoms with Crippen molar-refractivity contribution in [2.24, 2.45) is 17.8 Å². The summed E-state index contributed by atoms with van der Waals surface area (Å²) in [5.74, 6) is 2.56. The lowest BCUT2D eigenvalue weighted by atomic mass is 9.76. The monoisotopic (exact) mass is 451 g/mol. The van der Waals surface area contributed by atoms with Crippen LogP contribution in [0.25, 0.3) is 0 Å². The molecular weight excluding hydrogens is 405 g/mol. The van der Waals surface area contributed by atoms with Gasteiger partial charge in [0.05, 0.1) is 5.56 Å². The predicted molar refractivity (Wildman–Crippen MR) is 138 cm³/mol. The minimum absolute atomic E-state index is 0.155. The first kappa shape index (κ1) is 26.0. The molecule has 2 fully saturated rings. The van der Waals surface area contributed by atoms with Gasteiger partial charge in [-0.2, -0.15) is 5.26 Å². The van der Waals surface area contributed by atoms with E-state index in [1.165, 1.54) is 96.3 Å². The van der Waals surface area contributed by atoms with Crippen molar-refractivity contribution in [2.75, 3.05) is 0 Å². The molecule has 2 aliphatic carbocycles. The molecule has 2 saturated carbocycles. The number of rotatable bonds is 12. The Kier molecular flexibility index (Phi) is 11.5. The molecule has 0 N–H and O–H groups in total. The fraction of sp³-hybridized carbons (Fsp3) is 0.710. The van der Waals surface area contributed by atoms with Crippen LogP contribution in [-0.2, 0) is 0 Å². The summed E-state index contributed by atoms with van der Waals surface area (Å²) >= 11 is 0. The van der Waals surface area contributed by atoms with Gasteiger partial charge in [-0.05, 0) is 92.7 Å². The van der Waals surface area contributed by atoms with Gasteiger partial charge in [0.15, 0.2) is 0 Å². The zero-order chi connectivity index (χ0) is 23.3. The first-order valence-electron chi connectivity index (χ1n) is 14.1. The molecule has 0 aromatic heterocycles. The maximum Gasteiger partial charge on any atom is 0.141 e. The lowest BCUT2D eigenvalue weighted by molar-refractivity contribution is 0.287. The van der Waals surface area contributed by atoms with Crippen molar-refractivity contribution < 1.29 is 4.39 Å². The topological polar surface area (TPSA) is 23.8 Å². The first-order valence-corrected chi connectivity index (χ1v) is 14.1. The summed E-state index contributed by atoms with van der Waals surface area (Å²) in [6.45, 7) is 2.29. The van der Waals surface area contributed by atoms with E-state index in [2.05, 4.69) is 19.1 Å². The van der Waals surface area contributed by atoms with Crippen molar-refractivity contribution in [2.45, 2.75) is 122 Å². The number of hydrogen-bond donors (Lipinski definition) is 0. The van der Waals surface area contributed by atoms with Crippen LogP contribution in [0.15, 0.2) is 30.4 Å². The van der Waals surface area contributed by atoms with Crippen LogP contribution in [0.1, 0.15) is 133 Å². The van der Waals surface area contributed by atoms with Gasteiger partial charge in [0, 0.05) is 0 Å². The Bertz CT molecular complexity index is 745. The molecule has 0 spiro atoms. The summed E-state index contributed by atoms with van der Waals surface area (Å²) in [5.41, 5.74) is 1.23. The van der Waals surface area contributed by atoms with Gasteiger partial charge in [-0.3, -0.25) is 0 Å². The molecule has 182 valence electrons. The fourth-order valence-corrected chi connectivity index (χ4v) is 6.07. The third kappa shape index (κ3) is 8.92. The number of allylic oxidation sites excluding steroid dienone is 2. The average molecular weight is 452 g/mol. The largest absolute Gasteiger partial charge is 0.206 e. The van der Waals surface area contributed by atoms with Crippen molar-refractivity contribution in [1.29, 1.82) is 5.26 Å². The molecule has 1 aromatic carbocycles. The Morgan fingerprint density at radius 2 is 1.39 bits per heavy atom. The predicted octanol–water partition coefficient (Wildman–Crippen LogP) is 9.86. The van der Waals surface area contributed by atoms with Crippen LogP contribution in [0.3, 0.4) is 0 Å². The molecule has 1 nitrogen and oxygen atoms in total. The van der Waals surface area contributed by atoms with Gasteiger partial charge >= 0.3 is 0 Å². The van der Waals surface area contributed by atoms with Crippen LogP contribution in [0, 0.1) is 34.9 Å². The Morgan fingerprint density at radius 1 is 0.818 bits per heavy atom. The van der Waals surface area contributed by atoms with Crippen molar-refractivity contribution in [3.63, 3.8) is 0 Å². The second-order valence-corrected chi connectivity index (χ2v) is 10.9. The van der Waals surface area contributed by atoms with E-state index in [0.717, 1.165) is 30.2 Å². The van der Waals surface area contributed by atoms with Crippen molar-refractivity contribution in [1.82, 2.24) is 0 Å². The number of benzene rings is 1. The van der Waals surface area contributed by atoms with Crippen molar-refractivity contribution in [3.05, 3.63) is 47.3 Å². The molecule has 0 amide bonds. The van der Waals surface area contributed by atoms with Crippen LogP contribution in [-0.4, -0.2) is 0 Å². The fourth-order valence-electron chi connectivity index (χ4n) is 6.07. The first-order chi connectivity index (χ1) is 16.2. The van der Waals surface area contributed by atoms with Gasteiger partial charge in [0.1, 0.15) is 11.9 Å². The summed E-state index contributed by atoms with van der Waals surface area (Å²) in [5, 5.41) is 8.93. The van der Waals surface area contributed by atoms with E-state index in [1.54, 1.807) is 12.1 Å². The molecule has 0 bridgehead atoms. The molecule has 0 radical (unpaired) electrons. The molecule has 0 unspecified atom stereocenters. The third-order valence-electron chi connectivity index (χ3n) is 8.37. The molecule has 2 heteroatoms. The number of hydrogen-bond acceptors (Lipinski definition) is 1. The molecule has 0 heterocycles. The highest BCUT2D eigenvalue weighted by molar-refractivity contribution is 5.35. The van der Waals surface area contributed by atoms with Crippen LogP contribution in [0.4, 0.5) is 4.39 Å². The number of unbranched alkanes of at least 4 members (excludes halogenated alkanes) is 7. The maximum absolute atomic E-state index is 14.0. The van der Waals surface area contributed by atoms with Gasteiger partial charge in [0.25, 0.3) is 0 Å². The average Bonchev–Trinajstić information content (AvgIpc) is 2.85. The zero-order valence-electron chi connectivity index (χ0n) is 21.0. The number of halogens is 1. The van der Waals surface area contributed by atoms with E-state index in [-0.39, 0.29) is 11.4 Å². The molecule has 0 saturated heterocycles. The molecular formula is C31H46FN. The lowest BCUT2D eigenvalue weighted by Crippen LogP contribution is -2.15. The second-order valence-electron chi connectivity index (χ2n) is 10.9. The smallest absolute Gasteiger partial charge is 0.141 e. The second kappa shape index (κ2) is 14.6. The Hall–Kier alpha value is -1.62. The number of nitrogens with zero attached hydrogens (tertiary/aromatic N) is 1. The zero-order valence-corrected chi connectivity index (χ0v) is 21.0.